The van der Waals surface area contributed by atoms with Crippen LogP contribution in [0.3, 0.4) is 0 Å². The molecule has 1 N–H and O–H groups in total. The standard InChI is InChI=1S/C10H17NO7S2/c1-19(15,16)4-2-9(12)11-3-5-20(17,18)7-8(11)6-10(13)14/h8H,2-7H2,1H3,(H,13,14). The van der Waals surface area contributed by atoms with Crippen molar-refractivity contribution in [3.63, 3.8) is 0 Å². The molecule has 1 unspecified atom stereocenters. The summed E-state index contributed by atoms with van der Waals surface area (Å²) >= 11 is 0. The van der Waals surface area contributed by atoms with E-state index in [2.05, 4.69) is 0 Å². The van der Waals surface area contributed by atoms with Gasteiger partial charge in [-0.05, 0) is 0 Å². The van der Waals surface area contributed by atoms with Crippen LogP contribution in [0.2, 0.25) is 0 Å². The Hall–Kier alpha value is -1.16. The molecule has 1 rings (SSSR count). The minimum absolute atomic E-state index is 0.0944. The SMILES string of the molecule is CS(=O)(=O)CCC(=O)N1CCS(=O)(=O)CC1CC(=O)O. The predicted octanol–water partition coefficient (Wildman–Crippen LogP) is -1.48. The van der Waals surface area contributed by atoms with Gasteiger partial charge in [0.25, 0.3) is 0 Å². The number of amides is 1. The highest BCUT2D eigenvalue weighted by atomic mass is 32.2. The second-order valence-corrected chi connectivity index (χ2v) is 9.32. The molecule has 0 aromatic rings. The van der Waals surface area contributed by atoms with E-state index in [0.717, 1.165) is 6.26 Å². The first kappa shape index (κ1) is 16.9. The van der Waals surface area contributed by atoms with Crippen LogP contribution >= 0.6 is 0 Å². The quantitative estimate of drug-likeness (QED) is 0.652. The molecule has 1 aliphatic heterocycles. The second-order valence-electron chi connectivity index (χ2n) is 4.83. The monoisotopic (exact) mass is 327 g/mol. The fraction of sp³-hybridized carbons (Fsp3) is 0.800. The lowest BCUT2D eigenvalue weighted by atomic mass is 10.2. The maximum Gasteiger partial charge on any atom is 0.305 e. The lowest BCUT2D eigenvalue weighted by Gasteiger charge is -2.34. The van der Waals surface area contributed by atoms with E-state index < -0.39 is 49.8 Å². The summed E-state index contributed by atoms with van der Waals surface area (Å²) in [6, 6.07) is -0.932. The molecule has 8 nitrogen and oxygen atoms in total. The Labute approximate surface area is 117 Å². The van der Waals surface area contributed by atoms with E-state index in [4.69, 9.17) is 5.11 Å². The zero-order valence-corrected chi connectivity index (χ0v) is 12.6. The van der Waals surface area contributed by atoms with Crippen molar-refractivity contribution >= 4 is 31.6 Å². The maximum absolute atomic E-state index is 11.9. The van der Waals surface area contributed by atoms with Crippen molar-refractivity contribution in [3.05, 3.63) is 0 Å². The number of nitrogens with zero attached hydrogens (tertiary/aromatic N) is 1. The molecule has 0 radical (unpaired) electrons. The zero-order chi connectivity index (χ0) is 15.6. The Morgan fingerprint density at radius 2 is 1.95 bits per heavy atom. The predicted molar refractivity (Wildman–Crippen MR) is 70.7 cm³/mol. The smallest absolute Gasteiger partial charge is 0.305 e. The lowest BCUT2D eigenvalue weighted by molar-refractivity contribution is -0.140. The highest BCUT2D eigenvalue weighted by Gasteiger charge is 2.35. The molecule has 1 amide bonds. The molecule has 1 saturated heterocycles. The summed E-state index contributed by atoms with van der Waals surface area (Å²) in [5, 5.41) is 8.77. The summed E-state index contributed by atoms with van der Waals surface area (Å²) in [5.74, 6) is -2.70. The average molecular weight is 327 g/mol. The second kappa shape index (κ2) is 6.08. The Morgan fingerprint density at radius 1 is 1.35 bits per heavy atom. The van der Waals surface area contributed by atoms with Gasteiger partial charge in [-0.15, -0.1) is 0 Å². The number of hydrogen-bond acceptors (Lipinski definition) is 6. The van der Waals surface area contributed by atoms with Gasteiger partial charge in [0.1, 0.15) is 9.84 Å². The number of hydrogen-bond donors (Lipinski definition) is 1. The van der Waals surface area contributed by atoms with Crippen LogP contribution in [-0.4, -0.2) is 74.8 Å². The van der Waals surface area contributed by atoms with Gasteiger partial charge in [0.2, 0.25) is 5.91 Å². The molecule has 1 heterocycles. The van der Waals surface area contributed by atoms with Crippen molar-refractivity contribution in [2.75, 3.05) is 30.1 Å². The highest BCUT2D eigenvalue weighted by Crippen LogP contribution is 2.16. The number of carbonyl (C=O) groups is 2. The van der Waals surface area contributed by atoms with E-state index in [1.54, 1.807) is 0 Å². The van der Waals surface area contributed by atoms with Gasteiger partial charge in [0.05, 0.1) is 29.7 Å². The van der Waals surface area contributed by atoms with E-state index in [1.165, 1.54) is 4.90 Å². The van der Waals surface area contributed by atoms with Crippen molar-refractivity contribution < 1.29 is 31.5 Å². The summed E-state index contributed by atoms with van der Waals surface area (Å²) in [7, 11) is -6.67. The van der Waals surface area contributed by atoms with Gasteiger partial charge >= 0.3 is 5.97 Å². The molecule has 20 heavy (non-hydrogen) atoms. The molecule has 0 bridgehead atoms. The molecule has 0 saturated carbocycles. The molecule has 1 fully saturated rings. The highest BCUT2D eigenvalue weighted by molar-refractivity contribution is 7.91. The van der Waals surface area contributed by atoms with Crippen LogP contribution in [0.15, 0.2) is 0 Å². The van der Waals surface area contributed by atoms with Crippen molar-refractivity contribution in [1.82, 2.24) is 4.90 Å². The molecule has 0 aliphatic carbocycles. The number of sulfone groups is 2. The Kier molecular flexibility index (Phi) is 5.14. The van der Waals surface area contributed by atoms with Gasteiger partial charge in [-0.2, -0.15) is 0 Å². The minimum atomic E-state index is -3.36. The third-order valence-corrected chi connectivity index (χ3v) is 5.59. The molecule has 0 aromatic heterocycles. The Bertz CT molecular complexity index is 593. The van der Waals surface area contributed by atoms with Crippen molar-refractivity contribution in [2.24, 2.45) is 0 Å². The molecule has 0 aromatic carbocycles. The van der Waals surface area contributed by atoms with E-state index in [1.807, 2.05) is 0 Å². The summed E-state index contributed by atoms with van der Waals surface area (Å²) in [6.07, 6.45) is 0.258. The number of carboxylic acid groups (broad SMARTS) is 1. The van der Waals surface area contributed by atoms with Gasteiger partial charge in [-0.1, -0.05) is 0 Å². The summed E-state index contributed by atoms with van der Waals surface area (Å²) < 4.78 is 45.0. The first-order valence-corrected chi connectivity index (χ1v) is 9.78. The van der Waals surface area contributed by atoms with Crippen LogP contribution < -0.4 is 0 Å². The normalized spacial score (nSPS) is 22.4. The maximum atomic E-state index is 11.9. The van der Waals surface area contributed by atoms with Crippen LogP contribution in [0.1, 0.15) is 12.8 Å². The summed E-state index contributed by atoms with van der Waals surface area (Å²) in [6.45, 7) is -0.0944. The van der Waals surface area contributed by atoms with Crippen LogP contribution in [0, 0.1) is 0 Å². The first-order chi connectivity index (χ1) is 9.00. The topological polar surface area (TPSA) is 126 Å². The van der Waals surface area contributed by atoms with Gasteiger partial charge in [-0.25, -0.2) is 16.8 Å². The molecular weight excluding hydrogens is 310 g/mol. The molecular formula is C10H17NO7S2. The van der Waals surface area contributed by atoms with Crippen LogP contribution in [0.5, 0.6) is 0 Å². The van der Waals surface area contributed by atoms with Crippen LogP contribution in [0.4, 0.5) is 0 Å². The molecule has 1 aliphatic rings. The number of aliphatic carboxylic acids is 1. The lowest BCUT2D eigenvalue weighted by Crippen LogP contribution is -2.52. The van der Waals surface area contributed by atoms with Crippen molar-refractivity contribution in [3.8, 4) is 0 Å². The van der Waals surface area contributed by atoms with Crippen molar-refractivity contribution in [2.45, 2.75) is 18.9 Å². The third-order valence-electron chi connectivity index (χ3n) is 2.95. The molecule has 0 spiro atoms. The third kappa shape index (κ3) is 5.45. The van der Waals surface area contributed by atoms with E-state index >= 15 is 0 Å². The molecule has 10 heteroatoms. The van der Waals surface area contributed by atoms with Gasteiger partial charge < -0.3 is 10.0 Å². The summed E-state index contributed by atoms with van der Waals surface area (Å²) in [4.78, 5) is 23.8. The van der Waals surface area contributed by atoms with E-state index in [-0.39, 0.29) is 24.5 Å². The number of carboxylic acids is 1. The van der Waals surface area contributed by atoms with E-state index in [9.17, 15) is 26.4 Å². The molecule has 116 valence electrons. The van der Waals surface area contributed by atoms with Crippen LogP contribution in [-0.2, 0) is 29.3 Å². The molecule has 1 atom stereocenters. The van der Waals surface area contributed by atoms with E-state index in [0.29, 0.717) is 0 Å². The summed E-state index contributed by atoms with van der Waals surface area (Å²) in [5.41, 5.74) is 0. The van der Waals surface area contributed by atoms with Crippen LogP contribution in [0.25, 0.3) is 0 Å². The number of carbonyl (C=O) groups excluding carboxylic acids is 1. The minimum Gasteiger partial charge on any atom is -0.481 e. The Morgan fingerprint density at radius 3 is 2.45 bits per heavy atom. The van der Waals surface area contributed by atoms with Gasteiger partial charge in [0.15, 0.2) is 9.84 Å². The number of rotatable bonds is 5. The van der Waals surface area contributed by atoms with Gasteiger partial charge in [-0.3, -0.25) is 9.59 Å². The Balaban J connectivity index is 2.79. The van der Waals surface area contributed by atoms with Crippen molar-refractivity contribution in [1.29, 1.82) is 0 Å². The fourth-order valence-corrected chi connectivity index (χ4v) is 4.07. The van der Waals surface area contributed by atoms with Gasteiger partial charge in [0, 0.05) is 19.2 Å². The zero-order valence-electron chi connectivity index (χ0n) is 11.0. The largest absolute Gasteiger partial charge is 0.481 e. The average Bonchev–Trinajstić information content (AvgIpc) is 2.23. The fourth-order valence-electron chi connectivity index (χ4n) is 2.00. The first-order valence-electron chi connectivity index (χ1n) is 5.89.